The number of rotatable bonds is 14. The molecular weight excluding hydrogens is 531 g/mol. The van der Waals surface area contributed by atoms with Crippen molar-refractivity contribution < 1.29 is 28.9 Å². The monoisotopic (exact) mass is 564 g/mol. The minimum atomic E-state index is -1.33. The van der Waals surface area contributed by atoms with Gasteiger partial charge in [-0.3, -0.25) is 0 Å². The van der Waals surface area contributed by atoms with Gasteiger partial charge in [0.25, 0.3) is 0 Å². The fourth-order valence-corrected chi connectivity index (χ4v) is 6.68. The number of hydrogen-bond donors (Lipinski definition) is 1. The molecular formula is C23H32N2O5SiSn. The zero-order valence-electron chi connectivity index (χ0n) is 19.3. The Hall–Kier alpha value is -1.91. The molecule has 0 aliphatic carbocycles. The second-order valence-corrected chi connectivity index (χ2v) is 17.7. The van der Waals surface area contributed by atoms with Gasteiger partial charge in [0.1, 0.15) is 0 Å². The average Bonchev–Trinajstić information content (AvgIpc) is 2.76. The molecule has 9 heteroatoms. The molecule has 0 spiro atoms. The molecule has 0 aliphatic heterocycles. The van der Waals surface area contributed by atoms with Gasteiger partial charge in [0.05, 0.1) is 0 Å². The Balaban J connectivity index is 2.34. The van der Waals surface area contributed by atoms with Crippen LogP contribution in [0, 0.1) is 0 Å². The first kappa shape index (κ1) is 26.3. The molecule has 0 bridgehead atoms. The molecule has 2 aromatic rings. The van der Waals surface area contributed by atoms with E-state index in [1.165, 1.54) is 10.7 Å². The Morgan fingerprint density at radius 1 is 1.09 bits per heavy atom. The molecule has 0 amide bonds. The molecule has 0 heterocycles. The summed E-state index contributed by atoms with van der Waals surface area (Å²) in [6.45, 7) is 7.72. The molecule has 32 heavy (non-hydrogen) atoms. The molecule has 2 aromatic carbocycles. The first-order valence-electron chi connectivity index (χ1n) is 10.6. The van der Waals surface area contributed by atoms with E-state index in [1.54, 1.807) is 6.07 Å². The zero-order chi connectivity index (χ0) is 23.4. The topological polar surface area (TPSA) is 90.3 Å². The van der Waals surface area contributed by atoms with E-state index in [1.807, 2.05) is 24.3 Å². The maximum atomic E-state index is 13.1. The fourth-order valence-electron chi connectivity index (χ4n) is 2.83. The molecule has 172 valence electrons. The van der Waals surface area contributed by atoms with Crippen molar-refractivity contribution in [2.45, 2.75) is 30.1 Å². The first-order chi connectivity index (χ1) is 15.3. The van der Waals surface area contributed by atoms with Crippen molar-refractivity contribution in [1.82, 2.24) is 0 Å². The molecule has 7 nitrogen and oxygen atoms in total. The van der Waals surface area contributed by atoms with E-state index in [4.69, 9.17) is 24.5 Å². The van der Waals surface area contributed by atoms with Gasteiger partial charge in [-0.15, -0.1) is 0 Å². The minimum absolute atomic E-state index is 0.00888. The van der Waals surface area contributed by atoms with Crippen LogP contribution in [0.2, 0.25) is 25.7 Å². The number of esters is 1. The SMILES string of the molecule is COCOc1cc(OCC[NH+]=[N-])cc([CH2][Sn][c]2ccccc2)c1C(=O)OCC[Si](C)(C)C. The van der Waals surface area contributed by atoms with Crippen LogP contribution in [0.3, 0.4) is 0 Å². The number of benzene rings is 2. The van der Waals surface area contributed by atoms with Crippen LogP contribution in [0.5, 0.6) is 11.5 Å². The summed E-state index contributed by atoms with van der Waals surface area (Å²) < 4.78 is 24.4. The standard InChI is InChI=1S/C17H27N2O5Si.C6H5.Sn/c1-13-10-14(22-7-6-19-18)11-15(24-12-21-2)16(13)17(20)23-8-9-25(3,4)5;1-2-4-6-5-3-1;/h10-11,19H,1,6-9,12H2,2-5H3;1-5H;. The van der Waals surface area contributed by atoms with Crippen molar-refractivity contribution in [1.29, 1.82) is 0 Å². The third-order valence-corrected chi connectivity index (χ3v) is 9.93. The summed E-state index contributed by atoms with van der Waals surface area (Å²) in [5.74, 6) is 0.592. The summed E-state index contributed by atoms with van der Waals surface area (Å²) in [7, 11) is 0.205. The Kier molecular flexibility index (Phi) is 11.2. The molecule has 0 unspecified atom stereocenters. The maximum absolute atomic E-state index is 13.1. The van der Waals surface area contributed by atoms with Crippen molar-refractivity contribution in [2.75, 3.05) is 33.7 Å². The molecule has 2 rings (SSSR count). The van der Waals surface area contributed by atoms with Crippen molar-refractivity contribution in [3.63, 3.8) is 0 Å². The quantitative estimate of drug-likeness (QED) is 0.125. The van der Waals surface area contributed by atoms with Crippen molar-refractivity contribution in [3.8, 4) is 11.5 Å². The van der Waals surface area contributed by atoms with Crippen LogP contribution in [-0.4, -0.2) is 68.8 Å². The van der Waals surface area contributed by atoms with Crippen LogP contribution in [0.1, 0.15) is 15.9 Å². The Labute approximate surface area is 201 Å². The second-order valence-electron chi connectivity index (χ2n) is 8.43. The van der Waals surface area contributed by atoms with Gasteiger partial charge in [0.2, 0.25) is 0 Å². The zero-order valence-corrected chi connectivity index (χ0v) is 23.1. The number of carbonyl (C=O) groups is 1. The third-order valence-electron chi connectivity index (χ3n) is 4.52. The van der Waals surface area contributed by atoms with Gasteiger partial charge in [0, 0.05) is 0 Å². The summed E-state index contributed by atoms with van der Waals surface area (Å²) in [4.78, 5) is 13.1. The van der Waals surface area contributed by atoms with E-state index < -0.39 is 29.2 Å². The molecule has 0 saturated carbocycles. The number of methoxy groups -OCH3 is 1. The predicted molar refractivity (Wildman–Crippen MR) is 128 cm³/mol. The summed E-state index contributed by atoms with van der Waals surface area (Å²) in [5, 5.41) is 2.07. The molecule has 2 radical (unpaired) electrons. The number of ether oxygens (including phenoxy) is 4. The van der Waals surface area contributed by atoms with Crippen LogP contribution in [0.25, 0.3) is 5.53 Å². The third kappa shape index (κ3) is 9.29. The van der Waals surface area contributed by atoms with Crippen molar-refractivity contribution >= 4 is 38.8 Å². The van der Waals surface area contributed by atoms with Gasteiger partial charge in [-0.2, -0.15) is 0 Å². The van der Waals surface area contributed by atoms with Gasteiger partial charge >= 0.3 is 202 Å². The van der Waals surface area contributed by atoms with E-state index in [-0.39, 0.29) is 25.9 Å². The molecule has 0 aliphatic rings. The molecule has 1 N–H and O–H groups in total. The summed E-state index contributed by atoms with van der Waals surface area (Å²) in [6, 6.07) is 14.8. The first-order valence-corrected chi connectivity index (χ1v) is 17.7. The Morgan fingerprint density at radius 3 is 2.50 bits per heavy atom. The fraction of sp³-hybridized carbons (Fsp3) is 0.435. The van der Waals surface area contributed by atoms with Gasteiger partial charge in [-0.25, -0.2) is 0 Å². The van der Waals surface area contributed by atoms with Gasteiger partial charge < -0.3 is 0 Å². The van der Waals surface area contributed by atoms with E-state index in [0.29, 0.717) is 23.7 Å². The van der Waals surface area contributed by atoms with Crippen molar-refractivity contribution in [2.24, 2.45) is 0 Å². The van der Waals surface area contributed by atoms with E-state index in [0.717, 1.165) is 16.0 Å². The number of carbonyl (C=O) groups excluding carboxylic acids is 1. The molecule has 0 atom stereocenters. The normalized spacial score (nSPS) is 11.1. The molecule has 0 aromatic heterocycles. The molecule has 0 fully saturated rings. The van der Waals surface area contributed by atoms with Gasteiger partial charge in [-0.1, -0.05) is 0 Å². The van der Waals surface area contributed by atoms with Crippen LogP contribution >= 0.6 is 0 Å². The summed E-state index contributed by atoms with van der Waals surface area (Å²) in [5.41, 5.74) is 10.1. The molecule has 0 saturated heterocycles. The number of nitrogens with one attached hydrogen (secondary N) is 1. The van der Waals surface area contributed by atoms with E-state index in [2.05, 4.69) is 36.9 Å². The average molecular weight is 563 g/mol. The van der Waals surface area contributed by atoms with Crippen LogP contribution in [0.4, 0.5) is 0 Å². The summed E-state index contributed by atoms with van der Waals surface area (Å²) >= 11 is -0.994. The van der Waals surface area contributed by atoms with Gasteiger partial charge in [-0.05, 0) is 0 Å². The number of hydrogen-bond acceptors (Lipinski definition) is 5. The van der Waals surface area contributed by atoms with Crippen LogP contribution in [-0.2, 0) is 13.9 Å². The Morgan fingerprint density at radius 2 is 1.84 bits per heavy atom. The number of nitrogens with zero attached hydrogens (tertiary/aromatic N) is 1. The van der Waals surface area contributed by atoms with Crippen LogP contribution in [0.15, 0.2) is 42.5 Å². The second kappa shape index (κ2) is 13.6. The van der Waals surface area contributed by atoms with Gasteiger partial charge in [0.15, 0.2) is 0 Å². The predicted octanol–water partition coefficient (Wildman–Crippen LogP) is 2.18. The van der Waals surface area contributed by atoms with E-state index in [9.17, 15) is 4.79 Å². The van der Waals surface area contributed by atoms with Crippen LogP contribution < -0.4 is 18.2 Å². The Bertz CT molecular complexity index is 875. The van der Waals surface area contributed by atoms with E-state index >= 15 is 0 Å². The summed E-state index contributed by atoms with van der Waals surface area (Å²) in [6.07, 6.45) is 0. The van der Waals surface area contributed by atoms with Crippen molar-refractivity contribution in [3.05, 3.63) is 59.1 Å².